The summed E-state index contributed by atoms with van der Waals surface area (Å²) in [7, 11) is 1.54. The quantitative estimate of drug-likeness (QED) is 0.596. The predicted octanol–water partition coefficient (Wildman–Crippen LogP) is 3.18. The number of allylic oxidation sites excluding steroid dienone is 1. The number of ketones is 1. The fourth-order valence-corrected chi connectivity index (χ4v) is 1.48. The highest BCUT2D eigenvalue weighted by molar-refractivity contribution is 6.08. The van der Waals surface area contributed by atoms with Gasteiger partial charge in [-0.15, -0.1) is 0 Å². The van der Waals surface area contributed by atoms with E-state index in [2.05, 4.69) is 0 Å². The number of ether oxygens (including phenoxy) is 1. The van der Waals surface area contributed by atoms with Gasteiger partial charge in [0.05, 0.1) is 18.9 Å². The molecule has 2 aromatic rings. The molecule has 0 fully saturated rings. The molecule has 0 saturated carbocycles. The second kappa shape index (κ2) is 5.16. The largest absolute Gasteiger partial charge is 0.496 e. The summed E-state index contributed by atoms with van der Waals surface area (Å²) in [5.41, 5.74) is 0.540. The van der Waals surface area contributed by atoms with Crippen LogP contribution in [0.1, 0.15) is 16.1 Å². The Morgan fingerprint density at radius 2 is 2.06 bits per heavy atom. The van der Waals surface area contributed by atoms with E-state index in [-0.39, 0.29) is 5.78 Å². The molecule has 0 spiro atoms. The Hall–Kier alpha value is -2.29. The van der Waals surface area contributed by atoms with Crippen molar-refractivity contribution in [2.45, 2.75) is 0 Å². The van der Waals surface area contributed by atoms with Gasteiger partial charge in [0.1, 0.15) is 11.5 Å². The van der Waals surface area contributed by atoms with Gasteiger partial charge < -0.3 is 9.15 Å². The van der Waals surface area contributed by atoms with E-state index >= 15 is 0 Å². The number of hydrogen-bond donors (Lipinski definition) is 0. The van der Waals surface area contributed by atoms with Crippen LogP contribution in [0.15, 0.2) is 53.2 Å². The van der Waals surface area contributed by atoms with Crippen molar-refractivity contribution in [3.05, 3.63) is 60.1 Å². The lowest BCUT2D eigenvalue weighted by molar-refractivity contribution is 0.104. The van der Waals surface area contributed by atoms with Crippen molar-refractivity contribution < 1.29 is 13.9 Å². The molecule has 0 aliphatic rings. The zero-order valence-electron chi connectivity index (χ0n) is 9.42. The van der Waals surface area contributed by atoms with Crippen molar-refractivity contribution >= 4 is 11.9 Å². The second-order valence-electron chi connectivity index (χ2n) is 3.41. The SMILES string of the molecule is COc1ccccc1C(=O)/C=C/c1ccco1. The lowest BCUT2D eigenvalue weighted by Gasteiger charge is -2.03. The first-order valence-corrected chi connectivity index (χ1v) is 5.20. The van der Waals surface area contributed by atoms with Gasteiger partial charge in [0.15, 0.2) is 5.78 Å². The third-order valence-corrected chi connectivity index (χ3v) is 2.31. The molecule has 1 aromatic carbocycles. The van der Waals surface area contributed by atoms with Crippen LogP contribution in [0.5, 0.6) is 5.75 Å². The van der Waals surface area contributed by atoms with Crippen LogP contribution in [0, 0.1) is 0 Å². The second-order valence-corrected chi connectivity index (χ2v) is 3.41. The molecule has 3 nitrogen and oxygen atoms in total. The van der Waals surface area contributed by atoms with Crippen LogP contribution in [-0.2, 0) is 0 Å². The minimum absolute atomic E-state index is 0.112. The molecular formula is C14H12O3. The number of furan rings is 1. The number of benzene rings is 1. The summed E-state index contributed by atoms with van der Waals surface area (Å²) in [6.07, 6.45) is 4.67. The fraction of sp³-hybridized carbons (Fsp3) is 0.0714. The van der Waals surface area contributed by atoms with Crippen LogP contribution in [0.25, 0.3) is 6.08 Å². The Labute approximate surface area is 99.3 Å². The Balaban J connectivity index is 2.20. The standard InChI is InChI=1S/C14H12O3/c1-16-14-7-3-2-6-12(14)13(15)9-8-11-5-4-10-17-11/h2-10H,1H3/b9-8+. The molecule has 0 atom stereocenters. The van der Waals surface area contributed by atoms with E-state index in [4.69, 9.17) is 9.15 Å². The average Bonchev–Trinajstić information content (AvgIpc) is 2.89. The molecule has 86 valence electrons. The summed E-state index contributed by atoms with van der Waals surface area (Å²) >= 11 is 0. The van der Waals surface area contributed by atoms with Crippen molar-refractivity contribution in [3.63, 3.8) is 0 Å². The Kier molecular flexibility index (Phi) is 3.40. The Bertz CT molecular complexity index is 524. The molecule has 2 rings (SSSR count). The van der Waals surface area contributed by atoms with E-state index in [9.17, 15) is 4.79 Å². The van der Waals surface area contributed by atoms with Gasteiger partial charge in [-0.05, 0) is 36.4 Å². The van der Waals surface area contributed by atoms with Gasteiger partial charge in [0.2, 0.25) is 0 Å². The van der Waals surface area contributed by atoms with Crippen LogP contribution >= 0.6 is 0 Å². The number of carbonyl (C=O) groups is 1. The average molecular weight is 228 g/mol. The molecule has 17 heavy (non-hydrogen) atoms. The smallest absolute Gasteiger partial charge is 0.189 e. The lowest BCUT2D eigenvalue weighted by atomic mass is 10.1. The lowest BCUT2D eigenvalue weighted by Crippen LogP contribution is -1.98. The van der Waals surface area contributed by atoms with Gasteiger partial charge in [-0.1, -0.05) is 12.1 Å². The van der Waals surface area contributed by atoms with E-state index in [0.29, 0.717) is 17.1 Å². The van der Waals surface area contributed by atoms with E-state index in [1.54, 1.807) is 49.8 Å². The van der Waals surface area contributed by atoms with Gasteiger partial charge in [0, 0.05) is 0 Å². The number of carbonyl (C=O) groups excluding carboxylic acids is 1. The van der Waals surface area contributed by atoms with E-state index in [0.717, 1.165) is 0 Å². The first-order valence-electron chi connectivity index (χ1n) is 5.20. The maximum Gasteiger partial charge on any atom is 0.189 e. The summed E-state index contributed by atoms with van der Waals surface area (Å²) < 4.78 is 10.2. The molecule has 1 aromatic heterocycles. The van der Waals surface area contributed by atoms with Crippen LogP contribution in [-0.4, -0.2) is 12.9 Å². The molecule has 0 aliphatic carbocycles. The fourth-order valence-electron chi connectivity index (χ4n) is 1.48. The molecule has 0 unspecified atom stereocenters. The zero-order valence-corrected chi connectivity index (χ0v) is 9.42. The maximum absolute atomic E-state index is 11.9. The van der Waals surface area contributed by atoms with Crippen molar-refractivity contribution in [2.24, 2.45) is 0 Å². The minimum Gasteiger partial charge on any atom is -0.496 e. The molecule has 0 amide bonds. The third-order valence-electron chi connectivity index (χ3n) is 2.31. The van der Waals surface area contributed by atoms with E-state index in [1.807, 2.05) is 6.07 Å². The van der Waals surface area contributed by atoms with E-state index < -0.39 is 0 Å². The first-order chi connectivity index (χ1) is 8.31. The molecule has 0 saturated heterocycles. The molecule has 3 heteroatoms. The zero-order chi connectivity index (χ0) is 12.1. The first kappa shape index (κ1) is 11.2. The highest BCUT2D eigenvalue weighted by atomic mass is 16.5. The molecular weight excluding hydrogens is 216 g/mol. The van der Waals surface area contributed by atoms with Gasteiger partial charge >= 0.3 is 0 Å². The summed E-state index contributed by atoms with van der Waals surface area (Å²) in [5.74, 6) is 1.11. The summed E-state index contributed by atoms with van der Waals surface area (Å²) in [5, 5.41) is 0. The number of rotatable bonds is 4. The van der Waals surface area contributed by atoms with Crippen LogP contribution in [0.4, 0.5) is 0 Å². The Morgan fingerprint density at radius 1 is 1.24 bits per heavy atom. The van der Waals surface area contributed by atoms with Gasteiger partial charge in [0.25, 0.3) is 0 Å². The molecule has 0 bridgehead atoms. The van der Waals surface area contributed by atoms with Gasteiger partial charge in [-0.3, -0.25) is 4.79 Å². The molecule has 1 heterocycles. The van der Waals surface area contributed by atoms with Crippen molar-refractivity contribution in [2.75, 3.05) is 7.11 Å². The third kappa shape index (κ3) is 2.64. The minimum atomic E-state index is -0.112. The molecule has 0 aliphatic heterocycles. The van der Waals surface area contributed by atoms with Gasteiger partial charge in [-0.25, -0.2) is 0 Å². The monoisotopic (exact) mass is 228 g/mol. The highest BCUT2D eigenvalue weighted by Gasteiger charge is 2.07. The highest BCUT2D eigenvalue weighted by Crippen LogP contribution is 2.18. The Morgan fingerprint density at radius 3 is 2.76 bits per heavy atom. The van der Waals surface area contributed by atoms with E-state index in [1.165, 1.54) is 6.08 Å². The van der Waals surface area contributed by atoms with Crippen molar-refractivity contribution in [1.82, 2.24) is 0 Å². The topological polar surface area (TPSA) is 39.4 Å². The predicted molar refractivity (Wildman–Crippen MR) is 65.1 cm³/mol. The summed E-state index contributed by atoms with van der Waals surface area (Å²) in [6, 6.07) is 10.7. The number of hydrogen-bond acceptors (Lipinski definition) is 3. The van der Waals surface area contributed by atoms with Crippen LogP contribution < -0.4 is 4.74 Å². The van der Waals surface area contributed by atoms with Crippen LogP contribution in [0.3, 0.4) is 0 Å². The molecule has 0 N–H and O–H groups in total. The van der Waals surface area contributed by atoms with Crippen LogP contribution in [0.2, 0.25) is 0 Å². The van der Waals surface area contributed by atoms with Gasteiger partial charge in [-0.2, -0.15) is 0 Å². The van der Waals surface area contributed by atoms with Crippen molar-refractivity contribution in [1.29, 1.82) is 0 Å². The maximum atomic E-state index is 11.9. The summed E-state index contributed by atoms with van der Waals surface area (Å²) in [4.78, 5) is 11.9. The summed E-state index contributed by atoms with van der Waals surface area (Å²) in [6.45, 7) is 0. The molecule has 0 radical (unpaired) electrons. The number of para-hydroxylation sites is 1. The van der Waals surface area contributed by atoms with Crippen molar-refractivity contribution in [3.8, 4) is 5.75 Å². The number of methoxy groups -OCH3 is 1. The normalized spacial score (nSPS) is 10.6.